The van der Waals surface area contributed by atoms with E-state index in [1.54, 1.807) is 12.1 Å². The van der Waals surface area contributed by atoms with Crippen molar-refractivity contribution in [3.63, 3.8) is 0 Å². The summed E-state index contributed by atoms with van der Waals surface area (Å²) in [5.74, 6) is -1.09. The Morgan fingerprint density at radius 1 is 1.21 bits per heavy atom. The molecule has 1 aliphatic heterocycles. The summed E-state index contributed by atoms with van der Waals surface area (Å²) in [6, 6.07) is 12.0. The van der Waals surface area contributed by atoms with Crippen LogP contribution in [-0.4, -0.2) is 52.3 Å². The van der Waals surface area contributed by atoms with E-state index in [9.17, 15) is 19.8 Å². The van der Waals surface area contributed by atoms with Gasteiger partial charge in [0.15, 0.2) is 5.69 Å². The molecule has 2 atom stereocenters. The highest BCUT2D eigenvalue weighted by Gasteiger charge is 2.29. The lowest BCUT2D eigenvalue weighted by Crippen LogP contribution is -2.55. The van der Waals surface area contributed by atoms with Gasteiger partial charge in [0.1, 0.15) is 5.82 Å². The van der Waals surface area contributed by atoms with E-state index in [0.717, 1.165) is 5.56 Å². The standard InChI is InChI=1S/C20H20ClN3O4/c21-14-7-8-17(23-19(14)20(27)28)24-11-10-16(25)15(12-24)22-18(26)9-6-13-4-2-1-3-5-13/h1-9,15-16,25H,10-12H2,(H,22,26)(H,27,28)/t15-,16+/m1/s1. The third kappa shape index (κ3) is 4.88. The molecule has 0 unspecified atom stereocenters. The Morgan fingerprint density at radius 2 is 1.96 bits per heavy atom. The fourth-order valence-electron chi connectivity index (χ4n) is 3.01. The topological polar surface area (TPSA) is 103 Å². The second-order valence-electron chi connectivity index (χ2n) is 6.47. The number of carboxylic acid groups (broad SMARTS) is 1. The number of nitrogens with one attached hydrogen (secondary N) is 1. The fourth-order valence-corrected chi connectivity index (χ4v) is 3.20. The smallest absolute Gasteiger partial charge is 0.356 e. The molecule has 3 N–H and O–H groups in total. The van der Waals surface area contributed by atoms with E-state index in [1.165, 1.54) is 12.1 Å². The van der Waals surface area contributed by atoms with Gasteiger partial charge in [-0.3, -0.25) is 4.79 Å². The molecule has 2 heterocycles. The Balaban J connectivity index is 1.67. The largest absolute Gasteiger partial charge is 0.476 e. The average Bonchev–Trinajstić information content (AvgIpc) is 2.69. The molecule has 3 rings (SSSR count). The van der Waals surface area contributed by atoms with Gasteiger partial charge < -0.3 is 20.4 Å². The van der Waals surface area contributed by atoms with E-state index >= 15 is 0 Å². The Bertz CT molecular complexity index is 888. The van der Waals surface area contributed by atoms with Crippen molar-refractivity contribution in [3.05, 3.63) is 64.8 Å². The number of carboxylic acids is 1. The van der Waals surface area contributed by atoms with Crippen LogP contribution in [0.4, 0.5) is 5.82 Å². The maximum absolute atomic E-state index is 12.2. The summed E-state index contributed by atoms with van der Waals surface area (Å²) in [4.78, 5) is 29.4. The van der Waals surface area contributed by atoms with Crippen molar-refractivity contribution in [2.24, 2.45) is 0 Å². The number of aromatic carboxylic acids is 1. The van der Waals surface area contributed by atoms with Crippen molar-refractivity contribution < 1.29 is 19.8 Å². The third-order valence-corrected chi connectivity index (χ3v) is 4.79. The molecule has 0 aliphatic carbocycles. The number of piperidine rings is 1. The maximum atomic E-state index is 12.2. The first-order valence-electron chi connectivity index (χ1n) is 8.80. The number of aliphatic hydroxyl groups excluding tert-OH is 1. The van der Waals surface area contributed by atoms with Gasteiger partial charge in [-0.05, 0) is 30.2 Å². The van der Waals surface area contributed by atoms with Gasteiger partial charge >= 0.3 is 5.97 Å². The molecule has 2 aromatic rings. The molecule has 1 aromatic carbocycles. The van der Waals surface area contributed by atoms with Gasteiger partial charge in [-0.2, -0.15) is 0 Å². The number of benzene rings is 1. The number of pyridine rings is 1. The molecule has 1 aromatic heterocycles. The molecule has 28 heavy (non-hydrogen) atoms. The number of anilines is 1. The molecule has 1 aliphatic rings. The zero-order valence-electron chi connectivity index (χ0n) is 15.0. The van der Waals surface area contributed by atoms with E-state index in [2.05, 4.69) is 10.3 Å². The lowest BCUT2D eigenvalue weighted by Gasteiger charge is -2.37. The first kappa shape index (κ1) is 19.9. The molecule has 0 radical (unpaired) electrons. The molecule has 8 heteroatoms. The molecule has 0 saturated carbocycles. The van der Waals surface area contributed by atoms with E-state index in [4.69, 9.17) is 11.6 Å². The number of hydrogen-bond acceptors (Lipinski definition) is 5. The van der Waals surface area contributed by atoms with Gasteiger partial charge in [-0.25, -0.2) is 9.78 Å². The number of carbonyl (C=O) groups excluding carboxylic acids is 1. The van der Waals surface area contributed by atoms with E-state index in [1.807, 2.05) is 35.2 Å². The number of aliphatic hydroxyl groups is 1. The van der Waals surface area contributed by atoms with E-state index < -0.39 is 18.1 Å². The van der Waals surface area contributed by atoms with Gasteiger partial charge in [0, 0.05) is 19.2 Å². The fraction of sp³-hybridized carbons (Fsp3) is 0.250. The van der Waals surface area contributed by atoms with Crippen molar-refractivity contribution in [2.45, 2.75) is 18.6 Å². The first-order valence-corrected chi connectivity index (χ1v) is 9.18. The van der Waals surface area contributed by atoms with Crippen molar-refractivity contribution in [1.29, 1.82) is 0 Å². The molecule has 7 nitrogen and oxygen atoms in total. The van der Waals surface area contributed by atoms with Crippen molar-refractivity contribution in [2.75, 3.05) is 18.0 Å². The van der Waals surface area contributed by atoms with Crippen LogP contribution in [-0.2, 0) is 4.79 Å². The van der Waals surface area contributed by atoms with Crippen LogP contribution in [0.5, 0.6) is 0 Å². The maximum Gasteiger partial charge on any atom is 0.356 e. The number of hydrogen-bond donors (Lipinski definition) is 3. The van der Waals surface area contributed by atoms with Gasteiger partial charge in [-0.1, -0.05) is 41.9 Å². The predicted octanol–water partition coefficient (Wildman–Crippen LogP) is 2.20. The minimum atomic E-state index is -1.21. The highest BCUT2D eigenvalue weighted by atomic mass is 35.5. The minimum absolute atomic E-state index is 0.0594. The van der Waals surface area contributed by atoms with Crippen molar-refractivity contribution in [1.82, 2.24) is 10.3 Å². The Labute approximate surface area is 167 Å². The van der Waals surface area contributed by atoms with Crippen LogP contribution in [0.2, 0.25) is 5.02 Å². The van der Waals surface area contributed by atoms with E-state index in [0.29, 0.717) is 25.3 Å². The highest BCUT2D eigenvalue weighted by molar-refractivity contribution is 6.33. The van der Waals surface area contributed by atoms with Gasteiger partial charge in [0.05, 0.1) is 17.2 Å². The zero-order chi connectivity index (χ0) is 20.1. The predicted molar refractivity (Wildman–Crippen MR) is 106 cm³/mol. The number of carbonyl (C=O) groups is 2. The minimum Gasteiger partial charge on any atom is -0.476 e. The molecule has 1 fully saturated rings. The molecule has 1 amide bonds. The average molecular weight is 402 g/mol. The summed E-state index contributed by atoms with van der Waals surface area (Å²) >= 11 is 5.87. The van der Waals surface area contributed by atoms with E-state index in [-0.39, 0.29) is 16.6 Å². The molecular formula is C20H20ClN3O4. The summed E-state index contributed by atoms with van der Waals surface area (Å²) in [6.07, 6.45) is 2.84. The number of halogens is 1. The Morgan fingerprint density at radius 3 is 2.68 bits per heavy atom. The van der Waals surface area contributed by atoms with Gasteiger partial charge in [0.25, 0.3) is 0 Å². The lowest BCUT2D eigenvalue weighted by atomic mass is 10.0. The molecule has 0 bridgehead atoms. The number of amides is 1. The van der Waals surface area contributed by atoms with Crippen LogP contribution in [0.15, 0.2) is 48.5 Å². The van der Waals surface area contributed by atoms with Gasteiger partial charge in [0.2, 0.25) is 5.91 Å². The monoisotopic (exact) mass is 401 g/mol. The van der Waals surface area contributed by atoms with Crippen LogP contribution in [0.3, 0.4) is 0 Å². The molecule has 0 spiro atoms. The summed E-state index contributed by atoms with van der Waals surface area (Å²) in [5.41, 5.74) is 0.673. The number of rotatable bonds is 5. The summed E-state index contributed by atoms with van der Waals surface area (Å²) in [7, 11) is 0. The number of aromatic nitrogens is 1. The normalized spacial score (nSPS) is 19.6. The van der Waals surface area contributed by atoms with Gasteiger partial charge in [-0.15, -0.1) is 0 Å². The summed E-state index contributed by atoms with van der Waals surface area (Å²) < 4.78 is 0. The zero-order valence-corrected chi connectivity index (χ0v) is 15.7. The molecular weight excluding hydrogens is 382 g/mol. The SMILES string of the molecule is O=C(C=Cc1ccccc1)N[C@@H]1CN(c2ccc(Cl)c(C(=O)O)n2)CC[C@@H]1O. The van der Waals surface area contributed by atoms with Crippen LogP contribution < -0.4 is 10.2 Å². The molecule has 146 valence electrons. The Kier molecular flexibility index (Phi) is 6.28. The highest BCUT2D eigenvalue weighted by Crippen LogP contribution is 2.22. The van der Waals surface area contributed by atoms with Crippen LogP contribution in [0.1, 0.15) is 22.5 Å². The summed E-state index contributed by atoms with van der Waals surface area (Å²) in [5, 5.41) is 22.3. The van der Waals surface area contributed by atoms with Crippen LogP contribution in [0.25, 0.3) is 6.08 Å². The quantitative estimate of drug-likeness (QED) is 0.664. The first-order chi connectivity index (χ1) is 13.4. The summed E-state index contributed by atoms with van der Waals surface area (Å²) in [6.45, 7) is 0.793. The Hall–Kier alpha value is -2.90. The lowest BCUT2D eigenvalue weighted by molar-refractivity contribution is -0.118. The number of nitrogens with zero attached hydrogens (tertiary/aromatic N) is 2. The van der Waals surface area contributed by atoms with Crippen molar-refractivity contribution >= 4 is 35.4 Å². The molecule has 1 saturated heterocycles. The van der Waals surface area contributed by atoms with Crippen LogP contribution in [0, 0.1) is 0 Å². The van der Waals surface area contributed by atoms with Crippen LogP contribution >= 0.6 is 11.6 Å². The second kappa shape index (κ2) is 8.86. The van der Waals surface area contributed by atoms with Crippen molar-refractivity contribution in [3.8, 4) is 0 Å². The second-order valence-corrected chi connectivity index (χ2v) is 6.87. The third-order valence-electron chi connectivity index (χ3n) is 4.49.